The van der Waals surface area contributed by atoms with Crippen LogP contribution in [0.2, 0.25) is 0 Å². The van der Waals surface area contributed by atoms with Crippen LogP contribution in [0.4, 0.5) is 5.69 Å². The molecule has 3 heterocycles. The second-order valence-corrected chi connectivity index (χ2v) is 13.1. The molecular formula is C32H44BrN3O6. The number of aliphatic hydroxyl groups excluding tert-OH is 1. The summed E-state index contributed by atoms with van der Waals surface area (Å²) in [6.45, 7) is 18.0. The molecule has 1 aromatic carbocycles. The predicted molar refractivity (Wildman–Crippen MR) is 165 cm³/mol. The van der Waals surface area contributed by atoms with Gasteiger partial charge in [0.1, 0.15) is 17.4 Å². The first-order valence-corrected chi connectivity index (χ1v) is 15.7. The van der Waals surface area contributed by atoms with Gasteiger partial charge in [0.15, 0.2) is 0 Å². The molecule has 10 heteroatoms. The SMILES string of the molecule is C=CCN(C(=O)[C@H]1[C@H]2C(=O)N([C@@H](CO)C(C)C)C(C(=O)N(CC=C)C(C)C)C23CC(Br)[C@@H]1O3)c1ccc(OCC)cc1. The lowest BCUT2D eigenvalue weighted by Gasteiger charge is -2.41. The van der Waals surface area contributed by atoms with Gasteiger partial charge in [0.2, 0.25) is 17.7 Å². The molecule has 0 saturated carbocycles. The van der Waals surface area contributed by atoms with Crippen molar-refractivity contribution in [3.05, 3.63) is 49.6 Å². The summed E-state index contributed by atoms with van der Waals surface area (Å²) in [5, 5.41) is 10.5. The molecule has 0 radical (unpaired) electrons. The molecule has 0 aliphatic carbocycles. The van der Waals surface area contributed by atoms with E-state index in [2.05, 4.69) is 29.1 Å². The molecule has 3 aliphatic rings. The van der Waals surface area contributed by atoms with Gasteiger partial charge in [-0.25, -0.2) is 0 Å². The number of carbonyl (C=O) groups is 3. The molecule has 230 valence electrons. The summed E-state index contributed by atoms with van der Waals surface area (Å²) in [4.78, 5) is 48.0. The second-order valence-electron chi connectivity index (χ2n) is 11.9. The summed E-state index contributed by atoms with van der Waals surface area (Å²) in [5.41, 5.74) is -0.573. The number of halogens is 1. The lowest BCUT2D eigenvalue weighted by atomic mass is 9.70. The largest absolute Gasteiger partial charge is 0.494 e. The Morgan fingerprint density at radius 3 is 2.33 bits per heavy atom. The highest BCUT2D eigenvalue weighted by atomic mass is 79.9. The van der Waals surface area contributed by atoms with Crippen molar-refractivity contribution in [1.82, 2.24) is 9.80 Å². The van der Waals surface area contributed by atoms with Crippen molar-refractivity contribution in [2.45, 2.75) is 75.7 Å². The number of alkyl halides is 1. The highest BCUT2D eigenvalue weighted by molar-refractivity contribution is 9.09. The molecule has 1 spiro atoms. The Hall–Kier alpha value is -2.69. The van der Waals surface area contributed by atoms with Crippen LogP contribution in [0.5, 0.6) is 5.75 Å². The Morgan fingerprint density at radius 1 is 1.17 bits per heavy atom. The third kappa shape index (κ3) is 5.30. The summed E-state index contributed by atoms with van der Waals surface area (Å²) in [6, 6.07) is 5.47. The van der Waals surface area contributed by atoms with Gasteiger partial charge >= 0.3 is 0 Å². The molecule has 3 amide bonds. The Bertz CT molecular complexity index is 1190. The maximum atomic E-state index is 14.5. The number of likely N-dealkylation sites (tertiary alicyclic amines) is 1. The van der Waals surface area contributed by atoms with Crippen molar-refractivity contribution in [2.75, 3.05) is 31.2 Å². The zero-order chi connectivity index (χ0) is 30.9. The van der Waals surface area contributed by atoms with Crippen molar-refractivity contribution in [3.63, 3.8) is 0 Å². The topological polar surface area (TPSA) is 99.6 Å². The molecule has 3 saturated heterocycles. The van der Waals surface area contributed by atoms with Gasteiger partial charge in [-0.05, 0) is 57.4 Å². The zero-order valence-electron chi connectivity index (χ0n) is 25.2. The normalized spacial score (nSPS) is 28.6. The predicted octanol–water partition coefficient (Wildman–Crippen LogP) is 3.79. The van der Waals surface area contributed by atoms with Crippen LogP contribution in [0.1, 0.15) is 41.0 Å². The number of aliphatic hydroxyl groups is 1. The number of benzene rings is 1. The number of ether oxygens (including phenoxy) is 2. The highest BCUT2D eigenvalue weighted by Crippen LogP contribution is 2.61. The standard InChI is InChI=1S/C32H44BrN3O6/c1-8-15-34(20(6)7)31(40)28-32-17-23(33)27(42-32)25(26(32)30(39)36(28)24(18-37)19(4)5)29(38)35(16-9-2)21-11-13-22(14-12-21)41-10-3/h8-9,11-14,19-20,23-28,37H,1-2,10,15-18H2,3-7H3/t23?,24-,25-,26-,27-,28?,32?/m0/s1. The molecule has 1 aromatic rings. The number of hydrogen-bond donors (Lipinski definition) is 1. The summed E-state index contributed by atoms with van der Waals surface area (Å²) in [5.74, 6) is -2.01. The number of nitrogens with zero attached hydrogens (tertiary/aromatic N) is 3. The van der Waals surface area contributed by atoms with Crippen molar-refractivity contribution >= 4 is 39.3 Å². The smallest absolute Gasteiger partial charge is 0.248 e. The van der Waals surface area contributed by atoms with E-state index < -0.39 is 35.6 Å². The van der Waals surface area contributed by atoms with Crippen LogP contribution < -0.4 is 9.64 Å². The molecule has 4 rings (SSSR count). The average Bonchev–Trinajstić information content (AvgIpc) is 3.54. The van der Waals surface area contributed by atoms with Gasteiger partial charge in [-0.2, -0.15) is 0 Å². The van der Waals surface area contributed by atoms with E-state index in [1.54, 1.807) is 34.1 Å². The zero-order valence-corrected chi connectivity index (χ0v) is 26.8. The fourth-order valence-corrected chi connectivity index (χ4v) is 7.92. The van der Waals surface area contributed by atoms with Crippen molar-refractivity contribution in [1.29, 1.82) is 0 Å². The molecule has 7 atom stereocenters. The van der Waals surface area contributed by atoms with Gasteiger partial charge in [0.05, 0.1) is 37.2 Å². The van der Waals surface area contributed by atoms with E-state index in [4.69, 9.17) is 9.47 Å². The Morgan fingerprint density at radius 2 is 1.81 bits per heavy atom. The maximum Gasteiger partial charge on any atom is 0.248 e. The fourth-order valence-electron chi connectivity index (χ4n) is 6.98. The van der Waals surface area contributed by atoms with Crippen LogP contribution >= 0.6 is 15.9 Å². The van der Waals surface area contributed by atoms with Crippen LogP contribution in [0.3, 0.4) is 0 Å². The summed E-state index contributed by atoms with van der Waals surface area (Å²) in [7, 11) is 0. The lowest BCUT2D eigenvalue weighted by molar-refractivity contribution is -0.153. The molecule has 9 nitrogen and oxygen atoms in total. The Kier molecular flexibility index (Phi) is 9.89. The highest BCUT2D eigenvalue weighted by Gasteiger charge is 2.77. The van der Waals surface area contributed by atoms with E-state index in [0.29, 0.717) is 31.0 Å². The summed E-state index contributed by atoms with van der Waals surface area (Å²) in [6.07, 6.45) is 3.11. The van der Waals surface area contributed by atoms with Gasteiger partial charge in [-0.1, -0.05) is 41.9 Å². The van der Waals surface area contributed by atoms with Crippen LogP contribution in [0.15, 0.2) is 49.6 Å². The second kappa shape index (κ2) is 12.9. The molecule has 2 bridgehead atoms. The number of carbonyl (C=O) groups excluding carboxylic acids is 3. The van der Waals surface area contributed by atoms with Gasteiger partial charge in [0.25, 0.3) is 0 Å². The number of rotatable bonds is 13. The van der Waals surface area contributed by atoms with E-state index in [-0.39, 0.29) is 47.7 Å². The van der Waals surface area contributed by atoms with E-state index in [1.807, 2.05) is 46.8 Å². The summed E-state index contributed by atoms with van der Waals surface area (Å²) < 4.78 is 12.3. The molecule has 3 fully saturated rings. The lowest BCUT2D eigenvalue weighted by Crippen LogP contribution is -2.60. The Balaban J connectivity index is 1.81. The first-order chi connectivity index (χ1) is 20.0. The van der Waals surface area contributed by atoms with Gasteiger partial charge in [-0.3, -0.25) is 14.4 Å². The monoisotopic (exact) mass is 645 g/mol. The third-order valence-electron chi connectivity index (χ3n) is 8.83. The third-order valence-corrected chi connectivity index (χ3v) is 9.67. The van der Waals surface area contributed by atoms with E-state index in [1.165, 1.54) is 4.90 Å². The Labute approximate surface area is 257 Å². The minimum Gasteiger partial charge on any atom is -0.494 e. The van der Waals surface area contributed by atoms with Gasteiger partial charge < -0.3 is 29.3 Å². The summed E-state index contributed by atoms with van der Waals surface area (Å²) >= 11 is 3.75. The van der Waals surface area contributed by atoms with Crippen LogP contribution in [-0.2, 0) is 19.1 Å². The molecule has 0 aromatic heterocycles. The van der Waals surface area contributed by atoms with E-state index in [0.717, 1.165) is 0 Å². The molecular weight excluding hydrogens is 602 g/mol. The van der Waals surface area contributed by atoms with Crippen molar-refractivity contribution in [2.24, 2.45) is 17.8 Å². The van der Waals surface area contributed by atoms with Gasteiger partial charge in [-0.15, -0.1) is 13.2 Å². The number of anilines is 1. The minimum atomic E-state index is -1.22. The van der Waals surface area contributed by atoms with Crippen molar-refractivity contribution < 1.29 is 29.0 Å². The van der Waals surface area contributed by atoms with Crippen LogP contribution in [-0.4, -0.2) is 93.6 Å². The number of fused-ring (bicyclic) bond motifs is 1. The quantitative estimate of drug-likeness (QED) is 0.259. The van der Waals surface area contributed by atoms with Gasteiger partial charge in [0, 0.05) is 29.6 Å². The first kappa shape index (κ1) is 32.2. The maximum absolute atomic E-state index is 14.5. The van der Waals surface area contributed by atoms with E-state index in [9.17, 15) is 19.5 Å². The van der Waals surface area contributed by atoms with Crippen LogP contribution in [0, 0.1) is 17.8 Å². The van der Waals surface area contributed by atoms with E-state index >= 15 is 0 Å². The van der Waals surface area contributed by atoms with Crippen molar-refractivity contribution in [3.8, 4) is 5.75 Å². The van der Waals surface area contributed by atoms with Crippen LogP contribution in [0.25, 0.3) is 0 Å². The minimum absolute atomic E-state index is 0.136. The molecule has 42 heavy (non-hydrogen) atoms. The number of hydrogen-bond acceptors (Lipinski definition) is 6. The molecule has 3 unspecified atom stereocenters. The average molecular weight is 647 g/mol. The molecule has 3 aliphatic heterocycles. The fraction of sp³-hybridized carbons (Fsp3) is 0.594. The number of amides is 3. The molecule has 1 N–H and O–H groups in total. The first-order valence-electron chi connectivity index (χ1n) is 14.8.